The Bertz CT molecular complexity index is 638. The average molecular weight is 292 g/mol. The normalized spacial score (nSPS) is 12.6. The molecule has 0 radical (unpaired) electrons. The first-order valence-electron chi connectivity index (χ1n) is 7.17. The quantitative estimate of drug-likeness (QED) is 0.847. The number of carbonyl (C=O) groups excluding carboxylic acids is 1. The Kier molecular flexibility index (Phi) is 4.90. The molecule has 0 aliphatic carbocycles. The first kappa shape index (κ1) is 15.4. The Balaban J connectivity index is 2.00. The van der Waals surface area contributed by atoms with E-state index >= 15 is 0 Å². The molecule has 0 aliphatic rings. The minimum atomic E-state index is -0.465. The van der Waals surface area contributed by atoms with Crippen LogP contribution in [0.2, 0.25) is 0 Å². The number of rotatable bonds is 6. The minimum Gasteiger partial charge on any atom is -0.354 e. The van der Waals surface area contributed by atoms with E-state index in [1.807, 2.05) is 24.6 Å². The van der Waals surface area contributed by atoms with Crippen molar-refractivity contribution in [2.45, 2.75) is 32.2 Å². The van der Waals surface area contributed by atoms with E-state index in [0.717, 1.165) is 17.8 Å². The van der Waals surface area contributed by atoms with Gasteiger partial charge in [0.25, 0.3) is 0 Å². The molecule has 6 heteroatoms. The Morgan fingerprint density at radius 3 is 2.95 bits per heavy atom. The summed E-state index contributed by atoms with van der Waals surface area (Å²) in [6, 6.07) is 4.41. The zero-order valence-corrected chi connectivity index (χ0v) is 12.4. The third-order valence-corrected chi connectivity index (χ3v) is 3.54. The van der Waals surface area contributed by atoms with Crippen LogP contribution >= 0.6 is 0 Å². The third-order valence-electron chi connectivity index (χ3n) is 3.54. The van der Waals surface area contributed by atoms with Crippen LogP contribution in [0.25, 0.3) is 11.0 Å². The van der Waals surface area contributed by atoms with Gasteiger partial charge in [0.15, 0.2) is 5.82 Å². The summed E-state index contributed by atoms with van der Waals surface area (Å²) < 4.78 is 15.5. The molecule has 0 saturated heterocycles. The van der Waals surface area contributed by atoms with Crippen molar-refractivity contribution in [1.29, 1.82) is 0 Å². The number of aryl methyl sites for hydroxylation is 1. The molecule has 1 atom stereocenters. The number of fused-ring (bicyclic) bond motifs is 1. The van der Waals surface area contributed by atoms with E-state index in [0.29, 0.717) is 24.9 Å². The van der Waals surface area contributed by atoms with Crippen molar-refractivity contribution in [3.8, 4) is 0 Å². The van der Waals surface area contributed by atoms with Gasteiger partial charge in [-0.1, -0.05) is 19.4 Å². The third kappa shape index (κ3) is 3.39. The van der Waals surface area contributed by atoms with Gasteiger partial charge in [0.05, 0.1) is 11.6 Å². The Labute approximate surface area is 123 Å². The standard InChI is InChI=1S/C15H21FN4O/c1-3-5-11(17)15(21)18-9-8-13-19-14-10(16)6-4-7-12(14)20(13)2/h4,6-7,11H,3,5,8-9,17H2,1-2H3,(H,18,21). The fourth-order valence-corrected chi connectivity index (χ4v) is 2.32. The summed E-state index contributed by atoms with van der Waals surface area (Å²) in [6.07, 6.45) is 2.08. The predicted molar refractivity (Wildman–Crippen MR) is 80.3 cm³/mol. The smallest absolute Gasteiger partial charge is 0.236 e. The van der Waals surface area contributed by atoms with Gasteiger partial charge in [-0.2, -0.15) is 0 Å². The number of hydrogen-bond donors (Lipinski definition) is 2. The lowest BCUT2D eigenvalue weighted by atomic mass is 10.1. The predicted octanol–water partition coefficient (Wildman–Crippen LogP) is 1.50. The molecule has 0 spiro atoms. The van der Waals surface area contributed by atoms with Crippen LogP contribution in [0.4, 0.5) is 4.39 Å². The second kappa shape index (κ2) is 6.67. The maximum Gasteiger partial charge on any atom is 0.236 e. The number of halogens is 1. The molecule has 1 amide bonds. The van der Waals surface area contributed by atoms with Gasteiger partial charge in [-0.15, -0.1) is 0 Å². The van der Waals surface area contributed by atoms with Gasteiger partial charge in [0.2, 0.25) is 5.91 Å². The number of aromatic nitrogens is 2. The van der Waals surface area contributed by atoms with Crippen LogP contribution < -0.4 is 11.1 Å². The fraction of sp³-hybridized carbons (Fsp3) is 0.467. The van der Waals surface area contributed by atoms with Gasteiger partial charge in [0.1, 0.15) is 11.3 Å². The number of para-hydroxylation sites is 1. The first-order chi connectivity index (χ1) is 10.0. The van der Waals surface area contributed by atoms with Crippen molar-refractivity contribution in [2.75, 3.05) is 6.54 Å². The lowest BCUT2D eigenvalue weighted by Gasteiger charge is -2.10. The van der Waals surface area contributed by atoms with E-state index in [-0.39, 0.29) is 11.7 Å². The summed E-state index contributed by atoms with van der Waals surface area (Å²) in [5, 5.41) is 2.79. The highest BCUT2D eigenvalue weighted by molar-refractivity contribution is 5.81. The highest BCUT2D eigenvalue weighted by atomic mass is 19.1. The summed E-state index contributed by atoms with van der Waals surface area (Å²) in [7, 11) is 1.84. The molecular formula is C15H21FN4O. The van der Waals surface area contributed by atoms with Crippen LogP contribution in [0.5, 0.6) is 0 Å². The van der Waals surface area contributed by atoms with Crippen LogP contribution in [0, 0.1) is 5.82 Å². The van der Waals surface area contributed by atoms with E-state index in [4.69, 9.17) is 5.73 Å². The number of imidazole rings is 1. The minimum absolute atomic E-state index is 0.151. The molecular weight excluding hydrogens is 271 g/mol. The van der Waals surface area contributed by atoms with Gasteiger partial charge < -0.3 is 15.6 Å². The molecule has 0 saturated carbocycles. The SMILES string of the molecule is CCCC(N)C(=O)NCCc1nc2c(F)cccc2n1C. The number of nitrogens with two attached hydrogens (primary N) is 1. The lowest BCUT2D eigenvalue weighted by Crippen LogP contribution is -2.41. The van der Waals surface area contributed by atoms with E-state index in [2.05, 4.69) is 10.3 Å². The number of amides is 1. The number of benzene rings is 1. The van der Waals surface area contributed by atoms with Crippen molar-refractivity contribution < 1.29 is 9.18 Å². The number of nitrogens with one attached hydrogen (secondary N) is 1. The Hall–Kier alpha value is -1.95. The molecule has 5 nitrogen and oxygen atoms in total. The molecule has 1 unspecified atom stereocenters. The van der Waals surface area contributed by atoms with Crippen LogP contribution in [0.15, 0.2) is 18.2 Å². The number of hydrogen-bond acceptors (Lipinski definition) is 3. The molecule has 21 heavy (non-hydrogen) atoms. The molecule has 0 aliphatic heterocycles. The summed E-state index contributed by atoms with van der Waals surface area (Å²) in [6.45, 7) is 2.43. The molecule has 2 aromatic rings. The highest BCUT2D eigenvalue weighted by Gasteiger charge is 2.13. The molecule has 1 aromatic heterocycles. The first-order valence-corrected chi connectivity index (χ1v) is 7.17. The second-order valence-electron chi connectivity index (χ2n) is 5.13. The van der Waals surface area contributed by atoms with E-state index in [9.17, 15) is 9.18 Å². The molecule has 3 N–H and O–H groups in total. The maximum atomic E-state index is 13.7. The number of nitrogens with zero attached hydrogens (tertiary/aromatic N) is 2. The summed E-state index contributed by atoms with van der Waals surface area (Å²) in [5.41, 5.74) is 6.85. The highest BCUT2D eigenvalue weighted by Crippen LogP contribution is 2.17. The average Bonchev–Trinajstić information content (AvgIpc) is 2.78. The lowest BCUT2D eigenvalue weighted by molar-refractivity contribution is -0.122. The van der Waals surface area contributed by atoms with Gasteiger partial charge in [-0.05, 0) is 18.6 Å². The second-order valence-corrected chi connectivity index (χ2v) is 5.13. The summed E-state index contributed by atoms with van der Waals surface area (Å²) in [5.74, 6) is 0.254. The summed E-state index contributed by atoms with van der Waals surface area (Å²) >= 11 is 0. The topological polar surface area (TPSA) is 72.9 Å². The van der Waals surface area contributed by atoms with Crippen LogP contribution in [-0.4, -0.2) is 28.0 Å². The fourth-order valence-electron chi connectivity index (χ4n) is 2.32. The van der Waals surface area contributed by atoms with Crippen molar-refractivity contribution in [1.82, 2.24) is 14.9 Å². The zero-order chi connectivity index (χ0) is 15.4. The Morgan fingerprint density at radius 1 is 1.52 bits per heavy atom. The van der Waals surface area contributed by atoms with Crippen LogP contribution in [0.1, 0.15) is 25.6 Å². The van der Waals surface area contributed by atoms with Crippen molar-refractivity contribution >= 4 is 16.9 Å². The van der Waals surface area contributed by atoms with Gasteiger partial charge in [-0.3, -0.25) is 4.79 Å². The molecule has 0 fully saturated rings. The van der Waals surface area contributed by atoms with E-state index < -0.39 is 6.04 Å². The molecule has 1 aromatic carbocycles. The van der Waals surface area contributed by atoms with Crippen molar-refractivity contribution in [3.05, 3.63) is 29.8 Å². The maximum absolute atomic E-state index is 13.7. The molecule has 2 rings (SSSR count). The molecule has 114 valence electrons. The summed E-state index contributed by atoms with van der Waals surface area (Å²) in [4.78, 5) is 16.0. The van der Waals surface area contributed by atoms with Gasteiger partial charge in [-0.25, -0.2) is 9.37 Å². The van der Waals surface area contributed by atoms with E-state index in [1.54, 1.807) is 6.07 Å². The van der Waals surface area contributed by atoms with Gasteiger partial charge >= 0.3 is 0 Å². The van der Waals surface area contributed by atoms with Crippen molar-refractivity contribution in [3.63, 3.8) is 0 Å². The Morgan fingerprint density at radius 2 is 2.29 bits per heavy atom. The van der Waals surface area contributed by atoms with Crippen molar-refractivity contribution in [2.24, 2.45) is 12.8 Å². The zero-order valence-electron chi connectivity index (χ0n) is 12.4. The number of carbonyl (C=O) groups is 1. The largest absolute Gasteiger partial charge is 0.354 e. The van der Waals surface area contributed by atoms with Crippen LogP contribution in [-0.2, 0) is 18.3 Å². The van der Waals surface area contributed by atoms with Crippen LogP contribution in [0.3, 0.4) is 0 Å². The van der Waals surface area contributed by atoms with Gasteiger partial charge in [0, 0.05) is 20.0 Å². The van der Waals surface area contributed by atoms with E-state index in [1.165, 1.54) is 6.07 Å². The molecule has 0 bridgehead atoms. The monoisotopic (exact) mass is 292 g/mol. The molecule has 1 heterocycles.